The molecule has 11 heteroatoms. The van der Waals surface area contributed by atoms with Crippen LogP contribution in [0.3, 0.4) is 0 Å². The molecular weight excluding hydrogens is 494 g/mol. The maximum atomic E-state index is 12.6. The number of hydrogen-bond acceptors (Lipinski definition) is 9. The van der Waals surface area contributed by atoms with Gasteiger partial charge < -0.3 is 29.0 Å². The van der Waals surface area contributed by atoms with Gasteiger partial charge in [0.05, 0.1) is 31.0 Å². The molecule has 2 fully saturated rings. The Morgan fingerprint density at radius 3 is 2.34 bits per heavy atom. The highest BCUT2D eigenvalue weighted by Crippen LogP contribution is 2.52. The van der Waals surface area contributed by atoms with Crippen molar-refractivity contribution in [2.45, 2.75) is 90.3 Å². The van der Waals surface area contributed by atoms with Crippen LogP contribution in [0, 0.1) is 5.92 Å². The minimum atomic E-state index is -0.822. The number of likely N-dealkylation sites (N-methyl/N-ethyl adjacent to an activating group) is 1. The standard InChI is InChI=1S/C27H47N3O8/c1-18(2)11-15-35-26(6,7)22-21(34-9)19(10-12-27(22)17-36-27)37-24(33)29-20(31)16-30(8)14-13-28-23(32)38-25(3,4)5/h11,19,21-22H,10,12-17H2,1-9H3,(H,28,32)(H,29,31,33)/t19?,21?,22?,27-/m0/s1. The second-order valence-corrected chi connectivity index (χ2v) is 11.9. The summed E-state index contributed by atoms with van der Waals surface area (Å²) in [5.74, 6) is -0.681. The van der Waals surface area contributed by atoms with E-state index in [4.69, 9.17) is 23.7 Å². The van der Waals surface area contributed by atoms with Crippen molar-refractivity contribution in [1.82, 2.24) is 15.5 Å². The van der Waals surface area contributed by atoms with Crippen LogP contribution in [0.15, 0.2) is 11.6 Å². The Bertz CT molecular complexity index is 859. The van der Waals surface area contributed by atoms with Crippen molar-refractivity contribution in [1.29, 1.82) is 0 Å². The van der Waals surface area contributed by atoms with Gasteiger partial charge in [0, 0.05) is 26.1 Å². The number of epoxide rings is 1. The molecule has 2 rings (SSSR count). The maximum absolute atomic E-state index is 12.6. The number of methoxy groups -OCH3 is 1. The van der Waals surface area contributed by atoms with Crippen molar-refractivity contribution >= 4 is 18.1 Å². The molecule has 38 heavy (non-hydrogen) atoms. The van der Waals surface area contributed by atoms with Crippen molar-refractivity contribution in [2.24, 2.45) is 5.92 Å². The van der Waals surface area contributed by atoms with E-state index in [1.165, 1.54) is 0 Å². The fraction of sp³-hybridized carbons (Fsp3) is 0.815. The number of rotatable bonds is 11. The first kappa shape index (κ1) is 32.0. The number of carbonyl (C=O) groups excluding carboxylic acids is 3. The molecule has 11 nitrogen and oxygen atoms in total. The lowest BCUT2D eigenvalue weighted by atomic mass is 9.68. The van der Waals surface area contributed by atoms with Crippen LogP contribution in [0.1, 0.15) is 61.3 Å². The minimum Gasteiger partial charge on any atom is -0.444 e. The summed E-state index contributed by atoms with van der Waals surface area (Å²) in [5, 5.41) is 4.92. The molecule has 1 heterocycles. The van der Waals surface area contributed by atoms with Crippen LogP contribution in [0.25, 0.3) is 0 Å². The normalized spacial score (nSPS) is 25.1. The van der Waals surface area contributed by atoms with E-state index >= 15 is 0 Å². The molecule has 1 aliphatic carbocycles. The first-order valence-electron chi connectivity index (χ1n) is 13.2. The maximum Gasteiger partial charge on any atom is 0.414 e. The quantitative estimate of drug-likeness (QED) is 0.300. The van der Waals surface area contributed by atoms with Gasteiger partial charge in [0.1, 0.15) is 17.8 Å². The van der Waals surface area contributed by atoms with Gasteiger partial charge in [-0.2, -0.15) is 0 Å². The monoisotopic (exact) mass is 541 g/mol. The van der Waals surface area contributed by atoms with E-state index in [0.717, 1.165) is 5.57 Å². The van der Waals surface area contributed by atoms with Gasteiger partial charge in [-0.15, -0.1) is 0 Å². The van der Waals surface area contributed by atoms with Crippen molar-refractivity contribution in [3.8, 4) is 0 Å². The average molecular weight is 542 g/mol. The summed E-state index contributed by atoms with van der Waals surface area (Å²) in [5.41, 5.74) is -0.389. The molecule has 1 saturated carbocycles. The molecule has 1 aliphatic heterocycles. The fourth-order valence-corrected chi connectivity index (χ4v) is 4.90. The van der Waals surface area contributed by atoms with Gasteiger partial charge in [-0.05, 0) is 68.4 Å². The molecule has 3 unspecified atom stereocenters. The highest BCUT2D eigenvalue weighted by Gasteiger charge is 2.64. The Morgan fingerprint density at radius 1 is 1.13 bits per heavy atom. The molecule has 218 valence electrons. The number of amides is 3. The molecule has 0 aromatic heterocycles. The second-order valence-electron chi connectivity index (χ2n) is 11.9. The SMILES string of the molecule is COC1C(OC(=O)NC(=O)CN(C)CCNC(=O)OC(C)(C)C)CC[C@]2(CO2)C1C(C)(C)OCC=C(C)C. The van der Waals surface area contributed by atoms with Gasteiger partial charge in [-0.25, -0.2) is 9.59 Å². The van der Waals surface area contributed by atoms with Crippen molar-refractivity contribution in [3.05, 3.63) is 11.6 Å². The van der Waals surface area contributed by atoms with Gasteiger partial charge in [-0.1, -0.05) is 11.6 Å². The van der Waals surface area contributed by atoms with Crippen LogP contribution < -0.4 is 10.6 Å². The summed E-state index contributed by atoms with van der Waals surface area (Å²) < 4.78 is 28.9. The van der Waals surface area contributed by atoms with Crippen LogP contribution in [0.4, 0.5) is 9.59 Å². The Balaban J connectivity index is 1.87. The molecule has 0 aromatic carbocycles. The van der Waals surface area contributed by atoms with E-state index in [1.54, 1.807) is 39.8 Å². The Morgan fingerprint density at radius 2 is 1.79 bits per heavy atom. The van der Waals surface area contributed by atoms with Crippen LogP contribution >= 0.6 is 0 Å². The van der Waals surface area contributed by atoms with E-state index < -0.39 is 41.5 Å². The summed E-state index contributed by atoms with van der Waals surface area (Å²) in [6.07, 6.45) is 0.900. The fourth-order valence-electron chi connectivity index (χ4n) is 4.90. The molecule has 4 atom stereocenters. The lowest BCUT2D eigenvalue weighted by Gasteiger charge is -2.47. The smallest absolute Gasteiger partial charge is 0.414 e. The molecule has 1 saturated heterocycles. The second kappa shape index (κ2) is 13.2. The summed E-state index contributed by atoms with van der Waals surface area (Å²) in [7, 11) is 3.30. The molecule has 3 amide bonds. The van der Waals surface area contributed by atoms with Gasteiger partial charge >= 0.3 is 12.2 Å². The van der Waals surface area contributed by atoms with Crippen molar-refractivity contribution in [3.63, 3.8) is 0 Å². The number of hydrogen-bond donors (Lipinski definition) is 2. The zero-order valence-electron chi connectivity index (χ0n) is 24.5. The zero-order valence-corrected chi connectivity index (χ0v) is 24.5. The largest absolute Gasteiger partial charge is 0.444 e. The lowest BCUT2D eigenvalue weighted by molar-refractivity contribution is -0.172. The Hall–Kier alpha value is -2.21. The first-order valence-corrected chi connectivity index (χ1v) is 13.2. The molecule has 0 bridgehead atoms. The third kappa shape index (κ3) is 9.83. The molecule has 2 aliphatic rings. The highest BCUT2D eigenvalue weighted by molar-refractivity contribution is 5.92. The third-order valence-corrected chi connectivity index (χ3v) is 6.67. The van der Waals surface area contributed by atoms with Crippen LogP contribution in [0.5, 0.6) is 0 Å². The third-order valence-electron chi connectivity index (χ3n) is 6.67. The van der Waals surface area contributed by atoms with E-state index in [0.29, 0.717) is 32.6 Å². The van der Waals surface area contributed by atoms with E-state index in [-0.39, 0.29) is 24.6 Å². The number of imide groups is 1. The first-order chi connectivity index (χ1) is 17.6. The Labute approximate surface area is 226 Å². The summed E-state index contributed by atoms with van der Waals surface area (Å²) >= 11 is 0. The minimum absolute atomic E-state index is 0.0473. The lowest BCUT2D eigenvalue weighted by Crippen LogP contribution is -2.59. The average Bonchev–Trinajstić information content (AvgIpc) is 3.52. The summed E-state index contributed by atoms with van der Waals surface area (Å²) in [6, 6.07) is 0. The van der Waals surface area contributed by atoms with Crippen molar-refractivity contribution < 1.29 is 38.1 Å². The number of nitrogens with zero attached hydrogens (tertiary/aromatic N) is 1. The molecule has 1 spiro atoms. The predicted molar refractivity (Wildman–Crippen MR) is 142 cm³/mol. The van der Waals surface area contributed by atoms with E-state index in [9.17, 15) is 14.4 Å². The van der Waals surface area contributed by atoms with Crippen molar-refractivity contribution in [2.75, 3.05) is 47.0 Å². The molecule has 2 N–H and O–H groups in total. The number of ether oxygens (including phenoxy) is 5. The number of alkyl carbamates (subject to hydrolysis) is 2. The van der Waals surface area contributed by atoms with Crippen LogP contribution in [0.2, 0.25) is 0 Å². The van der Waals surface area contributed by atoms with E-state index in [1.807, 2.05) is 33.8 Å². The molecule has 0 aromatic rings. The molecular formula is C27H47N3O8. The zero-order chi connectivity index (χ0) is 28.7. The van der Waals surface area contributed by atoms with Crippen LogP contribution in [-0.4, -0.2) is 99.0 Å². The summed E-state index contributed by atoms with van der Waals surface area (Å²) in [6.45, 7) is 15.1. The molecule has 0 radical (unpaired) electrons. The van der Waals surface area contributed by atoms with Crippen LogP contribution in [-0.2, 0) is 28.5 Å². The van der Waals surface area contributed by atoms with E-state index in [2.05, 4.69) is 10.6 Å². The predicted octanol–water partition coefficient (Wildman–Crippen LogP) is 3.02. The Kier molecular flexibility index (Phi) is 11.1. The topological polar surface area (TPSA) is 128 Å². The highest BCUT2D eigenvalue weighted by atomic mass is 16.6. The number of carbonyl (C=O) groups is 3. The van der Waals surface area contributed by atoms with Gasteiger partial charge in [0.15, 0.2) is 0 Å². The van der Waals surface area contributed by atoms with Gasteiger partial charge in [0.2, 0.25) is 5.91 Å². The number of allylic oxidation sites excluding steroid dienone is 1. The number of nitrogens with one attached hydrogen (secondary N) is 2. The summed E-state index contributed by atoms with van der Waals surface area (Å²) in [4.78, 5) is 38.4. The van der Waals surface area contributed by atoms with Gasteiger partial charge in [0.25, 0.3) is 0 Å². The van der Waals surface area contributed by atoms with Gasteiger partial charge in [-0.3, -0.25) is 15.0 Å².